The van der Waals surface area contributed by atoms with E-state index < -0.39 is 34.7 Å². The van der Waals surface area contributed by atoms with Crippen LogP contribution < -0.4 is 9.88 Å². The van der Waals surface area contributed by atoms with Crippen LogP contribution >= 0.6 is 11.6 Å². The maximum atomic E-state index is 15.0. The Balaban J connectivity index is 1.27. The number of nitrogens with one attached hydrogen (secondary N) is 2. The number of pyridine rings is 1. The van der Waals surface area contributed by atoms with Crippen LogP contribution in [0.1, 0.15) is 93.8 Å². The van der Waals surface area contributed by atoms with E-state index in [1.807, 2.05) is 31.7 Å². The van der Waals surface area contributed by atoms with E-state index in [9.17, 15) is 9.18 Å². The molecule has 236 valence electrons. The van der Waals surface area contributed by atoms with Crippen LogP contribution in [0.15, 0.2) is 28.7 Å². The summed E-state index contributed by atoms with van der Waals surface area (Å²) in [5.74, 6) is -0.966. The van der Waals surface area contributed by atoms with Gasteiger partial charge in [-0.25, -0.2) is 13.8 Å². The molecule has 44 heavy (non-hydrogen) atoms. The maximum absolute atomic E-state index is 15.0. The highest BCUT2D eigenvalue weighted by Gasteiger charge is 2.58. The van der Waals surface area contributed by atoms with Crippen molar-refractivity contribution in [3.8, 4) is 0 Å². The van der Waals surface area contributed by atoms with Gasteiger partial charge in [-0.3, -0.25) is 4.79 Å². The van der Waals surface area contributed by atoms with Crippen molar-refractivity contribution in [3.63, 3.8) is 0 Å². The number of likely N-dealkylation sites (tertiary alicyclic amines) is 2. The molecule has 5 heterocycles. The molecular weight excluding hydrogens is 588 g/mol. The number of rotatable bonds is 4. The number of hydrogen-bond acceptors (Lipinski definition) is 5. The molecule has 8 nitrogen and oxygen atoms in total. The van der Waals surface area contributed by atoms with E-state index in [1.54, 1.807) is 6.92 Å². The zero-order valence-electron chi connectivity index (χ0n) is 26.5. The van der Waals surface area contributed by atoms with Crippen molar-refractivity contribution in [1.82, 2.24) is 15.1 Å². The van der Waals surface area contributed by atoms with Crippen LogP contribution in [0.25, 0.3) is 0 Å². The van der Waals surface area contributed by atoms with Crippen LogP contribution in [0.2, 0.25) is 5.02 Å². The predicted octanol–water partition coefficient (Wildman–Crippen LogP) is 4.40. The zero-order chi connectivity index (χ0) is 31.8. The minimum Gasteiger partial charge on any atom is -0.425 e. The van der Waals surface area contributed by atoms with Gasteiger partial charge in [-0.1, -0.05) is 17.7 Å². The van der Waals surface area contributed by atoms with Gasteiger partial charge < -0.3 is 19.0 Å². The van der Waals surface area contributed by atoms with Crippen LogP contribution in [0.3, 0.4) is 0 Å². The van der Waals surface area contributed by atoms with E-state index in [0.717, 1.165) is 23.0 Å². The average molecular weight is 630 g/mol. The third-order valence-corrected chi connectivity index (χ3v) is 10.5. The van der Waals surface area contributed by atoms with Crippen molar-refractivity contribution in [2.24, 2.45) is 5.92 Å². The summed E-state index contributed by atoms with van der Waals surface area (Å²) in [4.78, 5) is 20.9. The summed E-state index contributed by atoms with van der Waals surface area (Å²) >= 11 is 6.61. The molecule has 4 atom stereocenters. The summed E-state index contributed by atoms with van der Waals surface area (Å²) in [7, 11) is 0. The number of fused-ring (bicyclic) bond motifs is 2. The lowest BCUT2D eigenvalue weighted by atomic mass is 9.81. The summed E-state index contributed by atoms with van der Waals surface area (Å²) in [5, 5.41) is 8.98. The predicted molar refractivity (Wildman–Crippen MR) is 159 cm³/mol. The van der Waals surface area contributed by atoms with Crippen molar-refractivity contribution >= 4 is 17.5 Å². The molecule has 0 bridgehead atoms. The Bertz CT molecular complexity index is 1590. The number of nitrogens with zero attached hydrogens (tertiary/aromatic N) is 3. The number of H-pyrrole nitrogens is 1. The van der Waals surface area contributed by atoms with Crippen LogP contribution in [0, 0.1) is 31.4 Å². The first-order valence-electron chi connectivity index (χ1n) is 15.4. The molecule has 11 heteroatoms. The number of carbonyl (C=O) groups is 1. The van der Waals surface area contributed by atoms with Gasteiger partial charge in [0, 0.05) is 45.8 Å². The number of hydrogen-bond donors (Lipinski definition) is 1. The highest BCUT2D eigenvalue weighted by Crippen LogP contribution is 2.54. The van der Waals surface area contributed by atoms with Gasteiger partial charge in [0.25, 0.3) is 0 Å². The lowest BCUT2D eigenvalue weighted by molar-refractivity contribution is -0.936. The van der Waals surface area contributed by atoms with Crippen molar-refractivity contribution < 1.29 is 32.6 Å². The molecule has 2 aromatic heterocycles. The van der Waals surface area contributed by atoms with E-state index in [2.05, 4.69) is 36.0 Å². The summed E-state index contributed by atoms with van der Waals surface area (Å²) in [6.45, 7) is 16.3. The molecule has 1 amide bonds. The number of aryl methyl sites for hydroxylation is 2. The lowest BCUT2D eigenvalue weighted by Gasteiger charge is -2.39. The number of carbonyl (C=O) groups excluding carboxylic acids is 1. The quantitative estimate of drug-likeness (QED) is 0.463. The monoisotopic (exact) mass is 629 g/mol. The number of benzene rings is 1. The summed E-state index contributed by atoms with van der Waals surface area (Å²) in [6, 6.07) is 5.68. The van der Waals surface area contributed by atoms with E-state index in [1.165, 1.54) is 17.0 Å². The highest BCUT2D eigenvalue weighted by atomic mass is 35.5. The van der Waals surface area contributed by atoms with Crippen LogP contribution in [-0.4, -0.2) is 52.7 Å². The number of amides is 1. The fraction of sp³-hybridized carbons (Fsp3) is 0.576. The second-order valence-electron chi connectivity index (χ2n) is 14.4. The molecule has 3 unspecified atom stereocenters. The molecule has 3 aliphatic rings. The van der Waals surface area contributed by atoms with Crippen molar-refractivity contribution in [2.45, 2.75) is 89.9 Å². The van der Waals surface area contributed by atoms with Crippen LogP contribution in [0.5, 0.6) is 0 Å². The Morgan fingerprint density at radius 2 is 1.77 bits per heavy atom. The minimum atomic E-state index is -0.653. The third-order valence-electron chi connectivity index (χ3n) is 10.1. The molecule has 2 N–H and O–H groups in total. The first-order valence-corrected chi connectivity index (χ1v) is 15.8. The standard InChI is InChI=1S/C33H40ClF2N5O3/c1-18-25(34)15-22-27(37-18)33(44-28(22)32(6,7)30-39-38-19(2)43-30)10-12-40(13-11-33)29(42)24-17-41(31(3,4)5)16-23(24)21-9-8-20(35)14-26(21)36/h8-9,14-15,23-24,28H,10-13,16-17H2,1-7H3/p+2/t23-,24?,28?/m0/s1. The minimum absolute atomic E-state index is 0.0144. The number of halogens is 3. The van der Waals surface area contributed by atoms with Crippen LogP contribution in [0.4, 0.5) is 8.78 Å². The number of aromatic amines is 1. The van der Waals surface area contributed by atoms with Gasteiger partial charge in [-0.2, -0.15) is 0 Å². The maximum Gasteiger partial charge on any atom is 0.232 e. The second kappa shape index (κ2) is 10.8. The smallest absolute Gasteiger partial charge is 0.232 e. The molecule has 0 radical (unpaired) electrons. The first-order chi connectivity index (χ1) is 20.6. The Morgan fingerprint density at radius 1 is 1.07 bits per heavy atom. The second-order valence-corrected chi connectivity index (χ2v) is 14.8. The van der Waals surface area contributed by atoms with Gasteiger partial charge in [0.1, 0.15) is 22.8 Å². The van der Waals surface area contributed by atoms with Gasteiger partial charge in [-0.15, -0.1) is 10.2 Å². The van der Waals surface area contributed by atoms with Crippen molar-refractivity contribution in [3.05, 3.63) is 75.2 Å². The van der Waals surface area contributed by atoms with Crippen molar-refractivity contribution in [2.75, 3.05) is 26.2 Å². The normalized spacial score (nSPS) is 25.1. The number of quaternary nitrogens is 1. The van der Waals surface area contributed by atoms with Crippen LogP contribution in [-0.2, 0) is 20.5 Å². The van der Waals surface area contributed by atoms with Crippen molar-refractivity contribution in [1.29, 1.82) is 0 Å². The molecule has 0 saturated carbocycles. The van der Waals surface area contributed by atoms with E-state index in [0.29, 0.717) is 61.4 Å². The Morgan fingerprint density at radius 3 is 2.39 bits per heavy atom. The van der Waals surface area contributed by atoms with E-state index in [4.69, 9.17) is 20.8 Å². The van der Waals surface area contributed by atoms with Gasteiger partial charge in [0.15, 0.2) is 11.3 Å². The van der Waals surface area contributed by atoms with Gasteiger partial charge in [0.05, 0.1) is 41.4 Å². The summed E-state index contributed by atoms with van der Waals surface area (Å²) in [5.41, 5.74) is 1.76. The Hall–Kier alpha value is -2.95. The SMILES string of the molecule is Cc1nnc(C(C)(C)C2OC3(CCN(C(=O)C4C[NH+](C(C)(C)C)C[C@H]4c4ccc(F)cc4F)CC3)c3[nH+]c(C)c(Cl)cc32)o1. The number of aromatic nitrogens is 3. The average Bonchev–Trinajstić information content (AvgIpc) is 3.67. The van der Waals surface area contributed by atoms with Gasteiger partial charge in [-0.05, 0) is 52.3 Å². The van der Waals surface area contributed by atoms with E-state index in [-0.39, 0.29) is 17.4 Å². The largest absolute Gasteiger partial charge is 0.425 e. The lowest BCUT2D eigenvalue weighted by Crippen LogP contribution is -3.17. The number of ether oxygens (including phenoxy) is 1. The molecule has 2 saturated heterocycles. The molecule has 0 aliphatic carbocycles. The Labute approximate surface area is 262 Å². The first kappa shape index (κ1) is 31.0. The molecule has 3 aromatic rings. The molecular formula is C33H42ClF2N5O3+2. The number of piperidine rings is 1. The molecule has 2 fully saturated rings. The Kier molecular flexibility index (Phi) is 7.65. The van der Waals surface area contributed by atoms with E-state index >= 15 is 4.39 Å². The third kappa shape index (κ3) is 5.22. The molecule has 1 spiro atoms. The molecule has 3 aliphatic heterocycles. The fourth-order valence-electron chi connectivity index (χ4n) is 7.36. The molecule has 1 aromatic carbocycles. The fourth-order valence-corrected chi connectivity index (χ4v) is 7.53. The van der Waals surface area contributed by atoms with Gasteiger partial charge in [0.2, 0.25) is 23.4 Å². The zero-order valence-corrected chi connectivity index (χ0v) is 27.2. The topological polar surface area (TPSA) is 87.0 Å². The summed E-state index contributed by atoms with van der Waals surface area (Å²) in [6.07, 6.45) is 0.756. The summed E-state index contributed by atoms with van der Waals surface area (Å²) < 4.78 is 41.7. The highest BCUT2D eigenvalue weighted by molar-refractivity contribution is 6.31. The van der Waals surface area contributed by atoms with Gasteiger partial charge >= 0.3 is 0 Å². The molecule has 6 rings (SSSR count).